The first-order valence-electron chi connectivity index (χ1n) is 8.42. The Hall–Kier alpha value is -2.22. The van der Waals surface area contributed by atoms with Gasteiger partial charge in [-0.15, -0.1) is 24.0 Å². The van der Waals surface area contributed by atoms with E-state index in [9.17, 15) is 0 Å². The molecular weight excluding hydrogens is 439 g/mol. The Kier molecular flexibility index (Phi) is 7.77. The summed E-state index contributed by atoms with van der Waals surface area (Å²) in [5.41, 5.74) is 3.56. The van der Waals surface area contributed by atoms with Crippen molar-refractivity contribution in [3.8, 4) is 5.75 Å². The number of aliphatic imine (C=N–C) groups is 1. The number of fused-ring (bicyclic) bond motifs is 1. The second-order valence-electron chi connectivity index (χ2n) is 5.83. The van der Waals surface area contributed by atoms with Crippen molar-refractivity contribution in [2.45, 2.75) is 13.0 Å². The number of nitrogens with one attached hydrogen (secondary N) is 3. The highest BCUT2D eigenvalue weighted by Crippen LogP contribution is 2.14. The highest BCUT2D eigenvalue weighted by Gasteiger charge is 2.02. The Bertz CT molecular complexity index is 809. The number of halogens is 1. The fraction of sp³-hybridized carbons (Fsp3) is 0.250. The smallest absolute Gasteiger partial charge is 0.191 e. The molecule has 0 bridgehead atoms. The minimum atomic E-state index is 0. The van der Waals surface area contributed by atoms with Gasteiger partial charge in [0.15, 0.2) is 5.96 Å². The number of guanidine groups is 1. The zero-order valence-corrected chi connectivity index (χ0v) is 17.4. The lowest BCUT2D eigenvalue weighted by Crippen LogP contribution is -2.37. The normalized spacial score (nSPS) is 11.1. The predicted octanol–water partition coefficient (Wildman–Crippen LogP) is 3.70. The van der Waals surface area contributed by atoms with Crippen molar-refractivity contribution in [2.75, 3.05) is 20.7 Å². The lowest BCUT2D eigenvalue weighted by Gasteiger charge is -2.11. The zero-order valence-electron chi connectivity index (χ0n) is 15.1. The zero-order chi connectivity index (χ0) is 17.5. The third-order valence-electron chi connectivity index (χ3n) is 4.12. The van der Waals surface area contributed by atoms with Crippen LogP contribution in [0.4, 0.5) is 0 Å². The molecule has 1 heterocycles. The van der Waals surface area contributed by atoms with Crippen molar-refractivity contribution in [3.63, 3.8) is 0 Å². The van der Waals surface area contributed by atoms with Gasteiger partial charge in [0.05, 0.1) is 13.7 Å². The van der Waals surface area contributed by atoms with E-state index in [0.29, 0.717) is 6.54 Å². The molecule has 0 unspecified atom stereocenters. The van der Waals surface area contributed by atoms with E-state index in [4.69, 9.17) is 4.74 Å². The molecule has 2 aromatic carbocycles. The minimum Gasteiger partial charge on any atom is -0.497 e. The number of para-hydroxylation sites is 1. The van der Waals surface area contributed by atoms with E-state index in [1.54, 1.807) is 14.2 Å². The van der Waals surface area contributed by atoms with Gasteiger partial charge in [0, 0.05) is 24.8 Å². The van der Waals surface area contributed by atoms with Crippen LogP contribution in [0.1, 0.15) is 11.3 Å². The lowest BCUT2D eigenvalue weighted by molar-refractivity contribution is 0.414. The monoisotopic (exact) mass is 464 g/mol. The Labute approximate surface area is 171 Å². The molecule has 0 amide bonds. The molecule has 0 aliphatic rings. The number of rotatable bonds is 6. The van der Waals surface area contributed by atoms with Gasteiger partial charge in [0.1, 0.15) is 5.75 Å². The van der Waals surface area contributed by atoms with E-state index in [0.717, 1.165) is 35.9 Å². The molecule has 0 aliphatic carbocycles. The second kappa shape index (κ2) is 10.1. The Morgan fingerprint density at radius 1 is 1.08 bits per heavy atom. The van der Waals surface area contributed by atoms with Crippen molar-refractivity contribution in [3.05, 3.63) is 65.9 Å². The van der Waals surface area contributed by atoms with Gasteiger partial charge in [-0.1, -0.05) is 30.3 Å². The van der Waals surface area contributed by atoms with Crippen LogP contribution in [-0.4, -0.2) is 31.6 Å². The van der Waals surface area contributed by atoms with Crippen LogP contribution in [0.15, 0.2) is 59.6 Å². The third-order valence-corrected chi connectivity index (χ3v) is 4.12. The molecule has 0 fully saturated rings. The standard InChI is InChI=1S/C20H24N4O.HI/c1-21-20(22-12-11-15-7-9-18(25-2)10-8-15)23-14-17-13-16-5-3-4-6-19(16)24-17;/h3-10,13,24H,11-12,14H2,1-2H3,(H2,21,22,23);1H. The summed E-state index contributed by atoms with van der Waals surface area (Å²) in [5, 5.41) is 7.91. The molecule has 138 valence electrons. The van der Waals surface area contributed by atoms with Crippen LogP contribution in [0.5, 0.6) is 5.75 Å². The number of benzene rings is 2. The quantitative estimate of drug-likeness (QED) is 0.296. The maximum atomic E-state index is 5.18. The highest BCUT2D eigenvalue weighted by molar-refractivity contribution is 14.0. The first-order chi connectivity index (χ1) is 12.3. The maximum Gasteiger partial charge on any atom is 0.191 e. The summed E-state index contributed by atoms with van der Waals surface area (Å²) in [6, 6.07) is 18.6. The molecule has 0 spiro atoms. The summed E-state index contributed by atoms with van der Waals surface area (Å²) in [5.74, 6) is 1.68. The topological polar surface area (TPSA) is 61.4 Å². The molecule has 5 nitrogen and oxygen atoms in total. The summed E-state index contributed by atoms with van der Waals surface area (Å²) in [6.07, 6.45) is 0.928. The average Bonchev–Trinajstić information content (AvgIpc) is 3.08. The van der Waals surface area contributed by atoms with Crippen molar-refractivity contribution >= 4 is 40.8 Å². The Morgan fingerprint density at radius 3 is 2.54 bits per heavy atom. The van der Waals surface area contributed by atoms with Gasteiger partial charge in [-0.05, 0) is 41.6 Å². The van der Waals surface area contributed by atoms with Gasteiger partial charge in [0.2, 0.25) is 0 Å². The summed E-state index contributed by atoms with van der Waals surface area (Å²) >= 11 is 0. The van der Waals surface area contributed by atoms with Crippen LogP contribution in [0.2, 0.25) is 0 Å². The predicted molar refractivity (Wildman–Crippen MR) is 119 cm³/mol. The molecule has 0 saturated carbocycles. The summed E-state index contributed by atoms with van der Waals surface area (Å²) < 4.78 is 5.18. The largest absolute Gasteiger partial charge is 0.497 e. The number of methoxy groups -OCH3 is 1. The fourth-order valence-corrected chi connectivity index (χ4v) is 2.75. The number of aromatic amines is 1. The van der Waals surface area contributed by atoms with Gasteiger partial charge >= 0.3 is 0 Å². The molecule has 3 rings (SSSR count). The first-order valence-corrected chi connectivity index (χ1v) is 8.42. The number of nitrogens with zero attached hydrogens (tertiary/aromatic N) is 1. The SMILES string of the molecule is CN=C(NCCc1ccc(OC)cc1)NCc1cc2ccccc2[nH]1.I. The van der Waals surface area contributed by atoms with Crippen LogP contribution in [0, 0.1) is 0 Å². The first kappa shape index (κ1) is 20.1. The molecule has 0 saturated heterocycles. The van der Waals surface area contributed by atoms with Gasteiger partial charge in [-0.3, -0.25) is 4.99 Å². The molecule has 26 heavy (non-hydrogen) atoms. The second-order valence-corrected chi connectivity index (χ2v) is 5.83. The number of aromatic nitrogens is 1. The van der Waals surface area contributed by atoms with Crippen LogP contribution in [0.25, 0.3) is 10.9 Å². The molecule has 0 aliphatic heterocycles. The summed E-state index contributed by atoms with van der Waals surface area (Å²) in [6.45, 7) is 1.52. The molecule has 1 aromatic heterocycles. The fourth-order valence-electron chi connectivity index (χ4n) is 2.75. The average molecular weight is 464 g/mol. The number of hydrogen-bond acceptors (Lipinski definition) is 2. The third kappa shape index (κ3) is 5.39. The van der Waals surface area contributed by atoms with E-state index in [-0.39, 0.29) is 24.0 Å². The molecular formula is C20H25IN4O. The van der Waals surface area contributed by atoms with Gasteiger partial charge in [-0.2, -0.15) is 0 Å². The Balaban J connectivity index is 0.00000243. The van der Waals surface area contributed by atoms with E-state index < -0.39 is 0 Å². The molecule has 0 atom stereocenters. The summed E-state index contributed by atoms with van der Waals surface area (Å²) in [7, 11) is 3.47. The maximum absolute atomic E-state index is 5.18. The lowest BCUT2D eigenvalue weighted by atomic mass is 10.1. The van der Waals surface area contributed by atoms with Crippen molar-refractivity contribution in [2.24, 2.45) is 4.99 Å². The van der Waals surface area contributed by atoms with Crippen molar-refractivity contribution in [1.82, 2.24) is 15.6 Å². The van der Waals surface area contributed by atoms with Gasteiger partial charge in [-0.25, -0.2) is 0 Å². The molecule has 3 N–H and O–H groups in total. The molecule has 3 aromatic rings. The molecule has 6 heteroatoms. The van der Waals surface area contributed by atoms with Crippen molar-refractivity contribution in [1.29, 1.82) is 0 Å². The number of hydrogen-bond donors (Lipinski definition) is 3. The van der Waals surface area contributed by atoms with Crippen LogP contribution < -0.4 is 15.4 Å². The van der Waals surface area contributed by atoms with E-state index in [2.05, 4.69) is 50.9 Å². The van der Waals surface area contributed by atoms with Crippen molar-refractivity contribution < 1.29 is 4.74 Å². The van der Waals surface area contributed by atoms with Crippen LogP contribution >= 0.6 is 24.0 Å². The van der Waals surface area contributed by atoms with Crippen LogP contribution in [0.3, 0.4) is 0 Å². The van der Waals surface area contributed by atoms with Crippen LogP contribution in [-0.2, 0) is 13.0 Å². The van der Waals surface area contributed by atoms with Gasteiger partial charge < -0.3 is 20.4 Å². The number of ether oxygens (including phenoxy) is 1. The molecule has 0 radical (unpaired) electrons. The highest BCUT2D eigenvalue weighted by atomic mass is 127. The minimum absolute atomic E-state index is 0. The van der Waals surface area contributed by atoms with E-state index in [1.165, 1.54) is 10.9 Å². The van der Waals surface area contributed by atoms with E-state index in [1.807, 2.05) is 24.3 Å². The van der Waals surface area contributed by atoms with Gasteiger partial charge in [0.25, 0.3) is 0 Å². The summed E-state index contributed by atoms with van der Waals surface area (Å²) in [4.78, 5) is 7.69. The van der Waals surface area contributed by atoms with E-state index >= 15 is 0 Å². The number of H-pyrrole nitrogens is 1. The Morgan fingerprint density at radius 2 is 1.85 bits per heavy atom.